The molecule has 0 atom stereocenters. The molecule has 1 aliphatic rings. The molecule has 1 aliphatic heterocycles. The molecule has 0 aliphatic carbocycles. The molecule has 0 saturated carbocycles. The Kier molecular flexibility index (Phi) is 7.01. The van der Waals surface area contributed by atoms with Crippen LogP contribution in [0.5, 0.6) is 5.75 Å². The van der Waals surface area contributed by atoms with Crippen LogP contribution in [0.1, 0.15) is 16.1 Å². The number of anilines is 3. The molecule has 2 heterocycles. The summed E-state index contributed by atoms with van der Waals surface area (Å²) >= 11 is 1.42. The van der Waals surface area contributed by atoms with Crippen molar-refractivity contribution in [3.05, 3.63) is 65.2 Å². The Morgan fingerprint density at radius 1 is 1.13 bits per heavy atom. The Labute approximate surface area is 186 Å². The number of hydrogen-bond donors (Lipinski definition) is 2. The van der Waals surface area contributed by atoms with Crippen LogP contribution in [0.3, 0.4) is 0 Å². The SMILES string of the molecule is COc1ccc(CCNC(=O)c2csc(Nc3ccc(N4CCOCC4)cc3)n2)cc1. The van der Waals surface area contributed by atoms with Crippen LogP contribution in [0.15, 0.2) is 53.9 Å². The van der Waals surface area contributed by atoms with Crippen LogP contribution in [-0.4, -0.2) is 50.8 Å². The zero-order chi connectivity index (χ0) is 21.5. The fraction of sp³-hybridized carbons (Fsp3) is 0.304. The third-order valence-electron chi connectivity index (χ3n) is 5.09. The Hall–Kier alpha value is -3.10. The Morgan fingerprint density at radius 2 is 1.87 bits per heavy atom. The van der Waals surface area contributed by atoms with Crippen molar-refractivity contribution in [2.24, 2.45) is 0 Å². The lowest BCUT2D eigenvalue weighted by Gasteiger charge is -2.28. The molecular weight excluding hydrogens is 412 g/mol. The second-order valence-corrected chi connectivity index (χ2v) is 8.02. The number of nitrogens with zero attached hydrogens (tertiary/aromatic N) is 2. The summed E-state index contributed by atoms with van der Waals surface area (Å²) < 4.78 is 10.6. The van der Waals surface area contributed by atoms with Gasteiger partial charge in [0.15, 0.2) is 5.13 Å². The molecule has 0 unspecified atom stereocenters. The number of methoxy groups -OCH3 is 1. The highest BCUT2D eigenvalue weighted by molar-refractivity contribution is 7.14. The molecule has 0 radical (unpaired) electrons. The van der Waals surface area contributed by atoms with Crippen molar-refractivity contribution in [3.63, 3.8) is 0 Å². The molecule has 1 fully saturated rings. The normalized spacial score (nSPS) is 13.6. The van der Waals surface area contributed by atoms with Crippen molar-refractivity contribution in [1.82, 2.24) is 10.3 Å². The number of thiazole rings is 1. The summed E-state index contributed by atoms with van der Waals surface area (Å²) in [6.07, 6.45) is 0.750. The van der Waals surface area contributed by atoms with E-state index in [2.05, 4.69) is 32.7 Å². The number of nitrogens with one attached hydrogen (secondary N) is 2. The highest BCUT2D eigenvalue weighted by Gasteiger charge is 2.12. The molecule has 1 amide bonds. The van der Waals surface area contributed by atoms with Crippen molar-refractivity contribution >= 4 is 33.8 Å². The summed E-state index contributed by atoms with van der Waals surface area (Å²) in [5.74, 6) is 0.659. The van der Waals surface area contributed by atoms with Gasteiger partial charge in [-0.3, -0.25) is 4.79 Å². The lowest BCUT2D eigenvalue weighted by molar-refractivity contribution is 0.0950. The maximum absolute atomic E-state index is 12.4. The van der Waals surface area contributed by atoms with Gasteiger partial charge in [-0.25, -0.2) is 4.98 Å². The number of morpholine rings is 1. The van der Waals surface area contributed by atoms with Gasteiger partial charge in [0.05, 0.1) is 20.3 Å². The van der Waals surface area contributed by atoms with E-state index in [-0.39, 0.29) is 5.91 Å². The first kappa shape index (κ1) is 21.1. The van der Waals surface area contributed by atoms with Crippen molar-refractivity contribution < 1.29 is 14.3 Å². The first-order chi connectivity index (χ1) is 15.2. The fourth-order valence-electron chi connectivity index (χ4n) is 3.34. The number of aromatic nitrogens is 1. The van der Waals surface area contributed by atoms with Gasteiger partial charge in [0.2, 0.25) is 0 Å². The number of benzene rings is 2. The molecule has 31 heavy (non-hydrogen) atoms. The molecule has 1 saturated heterocycles. The average Bonchev–Trinajstić information content (AvgIpc) is 3.29. The van der Waals surface area contributed by atoms with E-state index in [1.807, 2.05) is 36.4 Å². The number of hydrogen-bond acceptors (Lipinski definition) is 7. The molecule has 7 nitrogen and oxygen atoms in total. The molecule has 0 spiro atoms. The highest BCUT2D eigenvalue weighted by atomic mass is 32.1. The number of rotatable bonds is 8. The van der Waals surface area contributed by atoms with Gasteiger partial charge < -0.3 is 25.0 Å². The van der Waals surface area contributed by atoms with Crippen LogP contribution in [0.4, 0.5) is 16.5 Å². The Morgan fingerprint density at radius 3 is 2.58 bits per heavy atom. The van der Waals surface area contributed by atoms with Gasteiger partial charge in [-0.05, 0) is 48.4 Å². The van der Waals surface area contributed by atoms with Gasteiger partial charge in [-0.2, -0.15) is 0 Å². The lowest BCUT2D eigenvalue weighted by Crippen LogP contribution is -2.36. The Bertz CT molecular complexity index is 983. The fourth-order valence-corrected chi connectivity index (χ4v) is 4.05. The van der Waals surface area contributed by atoms with E-state index in [0.717, 1.165) is 49.7 Å². The summed E-state index contributed by atoms with van der Waals surface area (Å²) in [5.41, 5.74) is 3.69. The molecule has 1 aromatic heterocycles. The van der Waals surface area contributed by atoms with Gasteiger partial charge in [-0.15, -0.1) is 11.3 Å². The van der Waals surface area contributed by atoms with Crippen LogP contribution in [-0.2, 0) is 11.2 Å². The summed E-state index contributed by atoms with van der Waals surface area (Å²) in [7, 11) is 1.65. The quantitative estimate of drug-likeness (QED) is 0.559. The average molecular weight is 439 g/mol. The standard InChI is InChI=1S/C23H26N4O3S/c1-29-20-8-2-17(3-9-20)10-11-24-22(28)21-16-31-23(26-21)25-18-4-6-19(7-5-18)27-12-14-30-15-13-27/h2-9,16H,10-15H2,1H3,(H,24,28)(H,25,26). The van der Waals surface area contributed by atoms with Crippen LogP contribution < -0.4 is 20.3 Å². The van der Waals surface area contributed by atoms with Gasteiger partial charge in [0.25, 0.3) is 5.91 Å². The van der Waals surface area contributed by atoms with E-state index in [9.17, 15) is 4.79 Å². The summed E-state index contributed by atoms with van der Waals surface area (Å²) in [6, 6.07) is 16.1. The van der Waals surface area contributed by atoms with Gasteiger partial charge in [0, 0.05) is 36.4 Å². The molecule has 4 rings (SSSR count). The number of amides is 1. The van der Waals surface area contributed by atoms with Gasteiger partial charge >= 0.3 is 0 Å². The number of carbonyl (C=O) groups is 1. The first-order valence-corrected chi connectivity index (χ1v) is 11.2. The minimum absolute atomic E-state index is 0.166. The van der Waals surface area contributed by atoms with Crippen LogP contribution in [0.25, 0.3) is 0 Å². The summed E-state index contributed by atoms with van der Waals surface area (Å²) in [5, 5.41) is 8.67. The van der Waals surface area contributed by atoms with E-state index < -0.39 is 0 Å². The van der Waals surface area contributed by atoms with E-state index in [1.54, 1.807) is 12.5 Å². The minimum Gasteiger partial charge on any atom is -0.497 e. The zero-order valence-electron chi connectivity index (χ0n) is 17.5. The smallest absolute Gasteiger partial charge is 0.270 e. The third-order valence-corrected chi connectivity index (χ3v) is 5.85. The van der Waals surface area contributed by atoms with Crippen LogP contribution >= 0.6 is 11.3 Å². The molecule has 2 aromatic carbocycles. The largest absolute Gasteiger partial charge is 0.497 e. The predicted octanol–water partition coefficient (Wildman–Crippen LogP) is 3.70. The molecule has 3 aromatic rings. The van der Waals surface area contributed by atoms with Crippen LogP contribution in [0, 0.1) is 0 Å². The van der Waals surface area contributed by atoms with Crippen molar-refractivity contribution in [3.8, 4) is 5.75 Å². The monoisotopic (exact) mass is 438 g/mol. The van der Waals surface area contributed by atoms with Gasteiger partial charge in [-0.1, -0.05) is 12.1 Å². The van der Waals surface area contributed by atoms with Gasteiger partial charge in [0.1, 0.15) is 11.4 Å². The molecule has 2 N–H and O–H groups in total. The number of ether oxygens (including phenoxy) is 2. The van der Waals surface area contributed by atoms with Crippen molar-refractivity contribution in [1.29, 1.82) is 0 Å². The molecule has 8 heteroatoms. The van der Waals surface area contributed by atoms with E-state index in [0.29, 0.717) is 17.4 Å². The van der Waals surface area contributed by atoms with E-state index >= 15 is 0 Å². The second-order valence-electron chi connectivity index (χ2n) is 7.16. The topological polar surface area (TPSA) is 75.7 Å². The second kappa shape index (κ2) is 10.3. The first-order valence-electron chi connectivity index (χ1n) is 10.3. The third kappa shape index (κ3) is 5.74. The molecule has 162 valence electrons. The van der Waals surface area contributed by atoms with Crippen molar-refractivity contribution in [2.45, 2.75) is 6.42 Å². The maximum atomic E-state index is 12.4. The van der Waals surface area contributed by atoms with Crippen molar-refractivity contribution in [2.75, 3.05) is 50.2 Å². The molecular formula is C23H26N4O3S. The molecule has 0 bridgehead atoms. The highest BCUT2D eigenvalue weighted by Crippen LogP contribution is 2.24. The van der Waals surface area contributed by atoms with Crippen LogP contribution in [0.2, 0.25) is 0 Å². The maximum Gasteiger partial charge on any atom is 0.270 e. The minimum atomic E-state index is -0.166. The van der Waals surface area contributed by atoms with E-state index in [1.165, 1.54) is 17.0 Å². The zero-order valence-corrected chi connectivity index (χ0v) is 18.3. The summed E-state index contributed by atoms with van der Waals surface area (Å²) in [4.78, 5) is 19.1. The predicted molar refractivity (Wildman–Crippen MR) is 124 cm³/mol. The number of carbonyl (C=O) groups excluding carboxylic acids is 1. The Balaban J connectivity index is 1.26. The van der Waals surface area contributed by atoms with E-state index in [4.69, 9.17) is 9.47 Å². The summed E-state index contributed by atoms with van der Waals surface area (Å²) in [6.45, 7) is 3.91. The lowest BCUT2D eigenvalue weighted by atomic mass is 10.1.